The molecule has 1 N–H and O–H groups in total. The first kappa shape index (κ1) is 17.4. The Kier molecular flexibility index (Phi) is 5.06. The van der Waals surface area contributed by atoms with Gasteiger partial charge in [-0.2, -0.15) is 0 Å². The summed E-state index contributed by atoms with van der Waals surface area (Å²) in [6.45, 7) is 2.59. The topological polar surface area (TPSA) is 73.2 Å². The Hall–Kier alpha value is -2.38. The number of benzene rings is 2. The molecule has 0 spiro atoms. The van der Waals surface area contributed by atoms with Crippen molar-refractivity contribution in [3.8, 4) is 5.75 Å². The molecule has 0 atom stereocenters. The van der Waals surface area contributed by atoms with Crippen molar-refractivity contribution < 1.29 is 13.2 Å². The monoisotopic (exact) mass is 359 g/mol. The maximum atomic E-state index is 12.2. The zero-order chi connectivity index (χ0) is 17.9. The molecule has 0 radical (unpaired) electrons. The number of ether oxygens (including phenoxy) is 1. The first-order chi connectivity index (χ1) is 12.0. The predicted molar refractivity (Wildman–Crippen MR) is 97.0 cm³/mol. The normalized spacial score (nSPS) is 11.8. The van der Waals surface area contributed by atoms with Crippen LogP contribution in [0.3, 0.4) is 0 Å². The molecule has 25 heavy (non-hydrogen) atoms. The van der Waals surface area contributed by atoms with Gasteiger partial charge in [0.2, 0.25) is 10.0 Å². The fourth-order valence-electron chi connectivity index (χ4n) is 2.52. The summed E-state index contributed by atoms with van der Waals surface area (Å²) in [5.41, 5.74) is 1.94. The van der Waals surface area contributed by atoms with E-state index >= 15 is 0 Å². The van der Waals surface area contributed by atoms with Gasteiger partial charge in [0.25, 0.3) is 0 Å². The van der Waals surface area contributed by atoms with E-state index in [1.807, 2.05) is 42.8 Å². The van der Waals surface area contributed by atoms with Crippen LogP contribution in [-0.4, -0.2) is 24.5 Å². The highest BCUT2D eigenvalue weighted by molar-refractivity contribution is 7.89. The molecule has 1 aromatic heterocycles. The van der Waals surface area contributed by atoms with Gasteiger partial charge in [0, 0.05) is 19.7 Å². The Bertz CT molecular complexity index is 980. The molecular weight excluding hydrogens is 338 g/mol. The van der Waals surface area contributed by atoms with Crippen LogP contribution in [0.25, 0.3) is 11.0 Å². The van der Waals surface area contributed by atoms with Gasteiger partial charge in [-0.1, -0.05) is 25.1 Å². The molecule has 0 fully saturated rings. The maximum Gasteiger partial charge on any atom is 0.240 e. The molecule has 2 aromatic carbocycles. The number of hydrogen-bond donors (Lipinski definition) is 1. The van der Waals surface area contributed by atoms with Crippen molar-refractivity contribution in [2.24, 2.45) is 7.05 Å². The summed E-state index contributed by atoms with van der Waals surface area (Å²) in [6.07, 6.45) is 0.738. The summed E-state index contributed by atoms with van der Waals surface area (Å²) in [5, 5.41) is 0. The SMILES string of the molecule is CCCNS(=O)(=O)c1cccc(OCc2nc3ccccc3n2C)c1. The number of nitrogens with zero attached hydrogens (tertiary/aromatic N) is 2. The third-order valence-corrected chi connectivity index (χ3v) is 5.36. The molecule has 1 heterocycles. The molecule has 3 aromatic rings. The molecule has 0 aliphatic rings. The number of aryl methyl sites for hydroxylation is 1. The molecule has 3 rings (SSSR count). The number of nitrogens with one attached hydrogen (secondary N) is 1. The Morgan fingerprint density at radius 2 is 1.96 bits per heavy atom. The average molecular weight is 359 g/mol. The van der Waals surface area contributed by atoms with E-state index < -0.39 is 10.0 Å². The van der Waals surface area contributed by atoms with Gasteiger partial charge in [-0.05, 0) is 30.7 Å². The number of fused-ring (bicyclic) bond motifs is 1. The molecular formula is C18H21N3O3S. The highest BCUT2D eigenvalue weighted by atomic mass is 32.2. The molecule has 7 heteroatoms. The van der Waals surface area contributed by atoms with Gasteiger partial charge in [0.1, 0.15) is 18.2 Å². The summed E-state index contributed by atoms with van der Waals surface area (Å²) >= 11 is 0. The van der Waals surface area contributed by atoms with Crippen LogP contribution in [0.2, 0.25) is 0 Å². The van der Waals surface area contributed by atoms with Crippen LogP contribution in [-0.2, 0) is 23.7 Å². The van der Waals surface area contributed by atoms with E-state index in [1.54, 1.807) is 18.2 Å². The minimum atomic E-state index is -3.51. The van der Waals surface area contributed by atoms with E-state index in [0.29, 0.717) is 12.3 Å². The van der Waals surface area contributed by atoms with Crippen molar-refractivity contribution in [3.63, 3.8) is 0 Å². The number of rotatable bonds is 7. The summed E-state index contributed by atoms with van der Waals surface area (Å²) < 4.78 is 34.7. The van der Waals surface area contributed by atoms with E-state index in [1.165, 1.54) is 6.07 Å². The summed E-state index contributed by atoms with van der Waals surface area (Å²) in [5.74, 6) is 1.27. The maximum absolute atomic E-state index is 12.2. The lowest BCUT2D eigenvalue weighted by Gasteiger charge is -2.09. The predicted octanol–water partition coefficient (Wildman–Crippen LogP) is 2.84. The van der Waals surface area contributed by atoms with Crippen molar-refractivity contribution in [1.82, 2.24) is 14.3 Å². The molecule has 0 unspecified atom stereocenters. The Morgan fingerprint density at radius 1 is 1.16 bits per heavy atom. The summed E-state index contributed by atoms with van der Waals surface area (Å²) in [7, 11) is -1.57. The molecule has 0 aliphatic carbocycles. The van der Waals surface area contributed by atoms with Crippen molar-refractivity contribution in [1.29, 1.82) is 0 Å². The number of para-hydroxylation sites is 2. The van der Waals surface area contributed by atoms with Crippen molar-refractivity contribution in [2.45, 2.75) is 24.8 Å². The van der Waals surface area contributed by atoms with Gasteiger partial charge < -0.3 is 9.30 Å². The molecule has 0 bridgehead atoms. The Morgan fingerprint density at radius 3 is 2.72 bits per heavy atom. The van der Waals surface area contributed by atoms with E-state index in [9.17, 15) is 8.42 Å². The highest BCUT2D eigenvalue weighted by Gasteiger charge is 2.14. The third-order valence-electron chi connectivity index (χ3n) is 3.91. The smallest absolute Gasteiger partial charge is 0.240 e. The van der Waals surface area contributed by atoms with Crippen LogP contribution in [0, 0.1) is 0 Å². The van der Waals surface area contributed by atoms with Gasteiger partial charge in [-0.15, -0.1) is 0 Å². The fraction of sp³-hybridized carbons (Fsp3) is 0.278. The zero-order valence-electron chi connectivity index (χ0n) is 14.3. The van der Waals surface area contributed by atoms with Gasteiger partial charge in [-0.3, -0.25) is 0 Å². The molecule has 0 aliphatic heterocycles. The Labute approximate surface area is 147 Å². The van der Waals surface area contributed by atoms with Gasteiger partial charge >= 0.3 is 0 Å². The zero-order valence-corrected chi connectivity index (χ0v) is 15.1. The summed E-state index contributed by atoms with van der Waals surface area (Å²) in [4.78, 5) is 4.74. The van der Waals surface area contributed by atoms with Crippen LogP contribution >= 0.6 is 0 Å². The number of aromatic nitrogens is 2. The lowest BCUT2D eigenvalue weighted by atomic mass is 10.3. The number of hydrogen-bond acceptors (Lipinski definition) is 4. The standard InChI is InChI=1S/C18H21N3O3S/c1-3-11-19-25(22,23)15-8-6-7-14(12-15)24-13-18-20-16-9-4-5-10-17(16)21(18)2/h4-10,12,19H,3,11,13H2,1-2H3. The quantitative estimate of drug-likeness (QED) is 0.704. The minimum absolute atomic E-state index is 0.198. The minimum Gasteiger partial charge on any atom is -0.486 e. The first-order valence-electron chi connectivity index (χ1n) is 8.14. The molecule has 132 valence electrons. The van der Waals surface area contributed by atoms with Gasteiger partial charge in [-0.25, -0.2) is 18.1 Å². The lowest BCUT2D eigenvalue weighted by molar-refractivity contribution is 0.291. The van der Waals surface area contributed by atoms with Crippen LogP contribution < -0.4 is 9.46 Å². The van der Waals surface area contributed by atoms with E-state index in [2.05, 4.69) is 9.71 Å². The van der Waals surface area contributed by atoms with Gasteiger partial charge in [0.05, 0.1) is 15.9 Å². The molecule has 0 amide bonds. The van der Waals surface area contributed by atoms with Crippen molar-refractivity contribution in [2.75, 3.05) is 6.54 Å². The van der Waals surface area contributed by atoms with E-state index in [4.69, 9.17) is 4.74 Å². The second kappa shape index (κ2) is 7.25. The van der Waals surface area contributed by atoms with E-state index in [-0.39, 0.29) is 11.5 Å². The Balaban J connectivity index is 1.77. The van der Waals surface area contributed by atoms with Crippen molar-refractivity contribution in [3.05, 3.63) is 54.4 Å². The summed E-state index contributed by atoms with van der Waals surface area (Å²) in [6, 6.07) is 14.3. The van der Waals surface area contributed by atoms with Crippen molar-refractivity contribution >= 4 is 21.1 Å². The second-order valence-electron chi connectivity index (χ2n) is 5.74. The van der Waals surface area contributed by atoms with Crippen LogP contribution in [0.5, 0.6) is 5.75 Å². The molecule has 0 saturated carbocycles. The van der Waals surface area contributed by atoms with Gasteiger partial charge in [0.15, 0.2) is 0 Å². The number of imidazole rings is 1. The lowest BCUT2D eigenvalue weighted by Crippen LogP contribution is -2.24. The van der Waals surface area contributed by atoms with Crippen LogP contribution in [0.1, 0.15) is 19.2 Å². The highest BCUT2D eigenvalue weighted by Crippen LogP contribution is 2.20. The largest absolute Gasteiger partial charge is 0.486 e. The van der Waals surface area contributed by atoms with Crippen LogP contribution in [0.4, 0.5) is 0 Å². The molecule has 6 nitrogen and oxygen atoms in total. The van der Waals surface area contributed by atoms with Crippen LogP contribution in [0.15, 0.2) is 53.4 Å². The molecule has 0 saturated heterocycles. The fourth-order valence-corrected chi connectivity index (χ4v) is 3.69. The average Bonchev–Trinajstić information content (AvgIpc) is 2.95. The third kappa shape index (κ3) is 3.83. The van der Waals surface area contributed by atoms with E-state index in [0.717, 1.165) is 23.3 Å². The second-order valence-corrected chi connectivity index (χ2v) is 7.50. The first-order valence-corrected chi connectivity index (χ1v) is 9.62. The number of sulfonamides is 1.